The van der Waals surface area contributed by atoms with Crippen molar-refractivity contribution in [3.05, 3.63) is 28.6 Å². The molecular formula is C11H14N2S. The molecule has 0 N–H and O–H groups in total. The molecule has 14 heavy (non-hydrogen) atoms. The number of hydrogen-bond acceptors (Lipinski definition) is 2. The van der Waals surface area contributed by atoms with Crippen LogP contribution in [-0.4, -0.2) is 11.6 Å². The Morgan fingerprint density at radius 1 is 1.43 bits per heavy atom. The summed E-state index contributed by atoms with van der Waals surface area (Å²) in [6, 6.07) is 6.63. The maximum absolute atomic E-state index is 4.24. The number of benzene rings is 1. The smallest absolute Gasteiger partial charge is 0.185 e. The molecule has 0 saturated heterocycles. The molecule has 3 heteroatoms. The zero-order valence-electron chi connectivity index (χ0n) is 8.74. The van der Waals surface area contributed by atoms with Crippen molar-refractivity contribution in [2.45, 2.75) is 13.3 Å². The summed E-state index contributed by atoms with van der Waals surface area (Å²) in [5, 5.41) is 0. The highest BCUT2D eigenvalue weighted by atomic mass is 32.1. The van der Waals surface area contributed by atoms with Crippen molar-refractivity contribution in [3.63, 3.8) is 0 Å². The Balaban J connectivity index is 2.79. The first kappa shape index (κ1) is 9.46. The van der Waals surface area contributed by atoms with E-state index in [0.29, 0.717) is 0 Å². The Kier molecular flexibility index (Phi) is 2.42. The van der Waals surface area contributed by atoms with Crippen LogP contribution in [0.2, 0.25) is 0 Å². The molecule has 1 heterocycles. The molecule has 0 aliphatic carbocycles. The lowest BCUT2D eigenvalue weighted by atomic mass is 10.2. The van der Waals surface area contributed by atoms with Gasteiger partial charge in [-0.15, -0.1) is 0 Å². The van der Waals surface area contributed by atoms with Gasteiger partial charge >= 0.3 is 0 Å². The van der Waals surface area contributed by atoms with Gasteiger partial charge in [0.25, 0.3) is 0 Å². The maximum Gasteiger partial charge on any atom is 0.185 e. The Bertz CT molecular complexity index is 520. The third kappa shape index (κ3) is 1.38. The average molecular weight is 206 g/mol. The van der Waals surface area contributed by atoms with Crippen LogP contribution >= 0.6 is 11.3 Å². The number of fused-ring (bicyclic) bond motifs is 1. The van der Waals surface area contributed by atoms with Gasteiger partial charge in [0.15, 0.2) is 4.80 Å². The van der Waals surface area contributed by atoms with E-state index in [1.54, 1.807) is 11.3 Å². The summed E-state index contributed by atoms with van der Waals surface area (Å²) in [6.07, 6.45) is 1.09. The second kappa shape index (κ2) is 3.58. The molecule has 1 aromatic carbocycles. The second-order valence-electron chi connectivity index (χ2n) is 3.32. The lowest BCUT2D eigenvalue weighted by Crippen LogP contribution is -2.08. The van der Waals surface area contributed by atoms with E-state index in [2.05, 4.69) is 41.7 Å². The summed E-state index contributed by atoms with van der Waals surface area (Å²) in [4.78, 5) is 5.32. The van der Waals surface area contributed by atoms with E-state index in [-0.39, 0.29) is 0 Å². The molecule has 0 unspecified atom stereocenters. The van der Waals surface area contributed by atoms with Crippen molar-refractivity contribution in [2.24, 2.45) is 12.0 Å². The normalized spacial score (nSPS) is 12.6. The van der Waals surface area contributed by atoms with Crippen molar-refractivity contribution >= 4 is 21.6 Å². The molecule has 0 fully saturated rings. The third-order valence-electron chi connectivity index (χ3n) is 2.47. The number of nitrogens with zero attached hydrogens (tertiary/aromatic N) is 2. The molecule has 0 aliphatic heterocycles. The van der Waals surface area contributed by atoms with Crippen molar-refractivity contribution in [1.82, 2.24) is 4.57 Å². The quantitative estimate of drug-likeness (QED) is 0.681. The molecule has 0 radical (unpaired) electrons. The van der Waals surface area contributed by atoms with Crippen LogP contribution in [0.25, 0.3) is 10.2 Å². The molecule has 0 spiro atoms. The molecule has 0 bridgehead atoms. The van der Waals surface area contributed by atoms with Gasteiger partial charge in [-0.2, -0.15) is 0 Å². The lowest BCUT2D eigenvalue weighted by Gasteiger charge is -1.97. The fourth-order valence-corrected chi connectivity index (χ4v) is 2.65. The largest absolute Gasteiger partial charge is 0.320 e. The van der Waals surface area contributed by atoms with E-state index in [1.165, 1.54) is 15.8 Å². The highest BCUT2D eigenvalue weighted by Gasteiger charge is 2.02. The van der Waals surface area contributed by atoms with Gasteiger partial charge < -0.3 is 4.57 Å². The molecule has 2 rings (SSSR count). The van der Waals surface area contributed by atoms with E-state index < -0.39 is 0 Å². The van der Waals surface area contributed by atoms with E-state index in [4.69, 9.17) is 0 Å². The molecule has 2 nitrogen and oxygen atoms in total. The molecule has 0 saturated carbocycles. The minimum atomic E-state index is 1.08. The molecule has 0 atom stereocenters. The SMILES string of the molecule is CCc1ccc2c(c1)sc(=NC)n2C. The molecular weight excluding hydrogens is 192 g/mol. The summed E-state index contributed by atoms with van der Waals surface area (Å²) < 4.78 is 3.46. The zero-order valence-corrected chi connectivity index (χ0v) is 9.56. The first-order chi connectivity index (χ1) is 6.76. The monoisotopic (exact) mass is 206 g/mol. The van der Waals surface area contributed by atoms with Gasteiger partial charge in [0, 0.05) is 14.1 Å². The fraction of sp³-hybridized carbons (Fsp3) is 0.364. The molecule has 2 aromatic rings. The predicted octanol–water partition coefficient (Wildman–Crippen LogP) is 2.33. The first-order valence-electron chi connectivity index (χ1n) is 4.77. The topological polar surface area (TPSA) is 17.3 Å². The second-order valence-corrected chi connectivity index (χ2v) is 4.33. The summed E-state index contributed by atoms with van der Waals surface area (Å²) in [7, 11) is 3.90. The van der Waals surface area contributed by atoms with E-state index in [1.807, 2.05) is 7.05 Å². The molecule has 1 aromatic heterocycles. The lowest BCUT2D eigenvalue weighted by molar-refractivity contribution is 0.903. The van der Waals surface area contributed by atoms with Gasteiger partial charge in [-0.1, -0.05) is 24.3 Å². The van der Waals surface area contributed by atoms with Crippen molar-refractivity contribution < 1.29 is 0 Å². The number of aromatic nitrogens is 1. The van der Waals surface area contributed by atoms with Crippen LogP contribution in [0.15, 0.2) is 23.2 Å². The van der Waals surface area contributed by atoms with Crippen LogP contribution in [0.3, 0.4) is 0 Å². The average Bonchev–Trinajstić information content (AvgIpc) is 2.55. The minimum absolute atomic E-state index is 1.08. The van der Waals surface area contributed by atoms with Gasteiger partial charge in [-0.05, 0) is 24.1 Å². The van der Waals surface area contributed by atoms with Gasteiger partial charge in [0.2, 0.25) is 0 Å². The van der Waals surface area contributed by atoms with Crippen molar-refractivity contribution in [1.29, 1.82) is 0 Å². The van der Waals surface area contributed by atoms with Crippen LogP contribution in [0.5, 0.6) is 0 Å². The van der Waals surface area contributed by atoms with Crippen LogP contribution < -0.4 is 4.80 Å². The Hall–Kier alpha value is -1.09. The number of thiazole rings is 1. The van der Waals surface area contributed by atoms with Crippen LogP contribution in [0.1, 0.15) is 12.5 Å². The number of aryl methyl sites for hydroxylation is 2. The van der Waals surface area contributed by atoms with Gasteiger partial charge in [0.05, 0.1) is 10.2 Å². The van der Waals surface area contributed by atoms with Crippen LogP contribution in [0, 0.1) is 0 Å². The highest BCUT2D eigenvalue weighted by molar-refractivity contribution is 7.16. The Morgan fingerprint density at radius 3 is 2.86 bits per heavy atom. The predicted molar refractivity (Wildman–Crippen MR) is 61.7 cm³/mol. The van der Waals surface area contributed by atoms with Gasteiger partial charge in [-0.3, -0.25) is 4.99 Å². The van der Waals surface area contributed by atoms with E-state index in [0.717, 1.165) is 11.2 Å². The number of hydrogen-bond donors (Lipinski definition) is 0. The van der Waals surface area contributed by atoms with Gasteiger partial charge in [-0.25, -0.2) is 0 Å². The van der Waals surface area contributed by atoms with Crippen LogP contribution in [0.4, 0.5) is 0 Å². The van der Waals surface area contributed by atoms with E-state index >= 15 is 0 Å². The standard InChI is InChI=1S/C11H14N2S/c1-4-8-5-6-9-10(7-8)14-11(12-2)13(9)3/h5-7H,4H2,1-3H3. The highest BCUT2D eigenvalue weighted by Crippen LogP contribution is 2.18. The van der Waals surface area contributed by atoms with Crippen molar-refractivity contribution in [2.75, 3.05) is 7.05 Å². The summed E-state index contributed by atoms with van der Waals surface area (Å²) in [5.41, 5.74) is 2.66. The molecule has 0 aliphatic rings. The minimum Gasteiger partial charge on any atom is -0.320 e. The fourth-order valence-electron chi connectivity index (χ4n) is 1.60. The van der Waals surface area contributed by atoms with Crippen LogP contribution in [-0.2, 0) is 13.5 Å². The molecule has 74 valence electrons. The van der Waals surface area contributed by atoms with Crippen molar-refractivity contribution in [3.8, 4) is 0 Å². The molecule has 0 amide bonds. The van der Waals surface area contributed by atoms with E-state index in [9.17, 15) is 0 Å². The zero-order chi connectivity index (χ0) is 10.1. The summed E-state index contributed by atoms with van der Waals surface area (Å²) in [6.45, 7) is 2.18. The van der Waals surface area contributed by atoms with Gasteiger partial charge in [0.1, 0.15) is 0 Å². The Morgan fingerprint density at radius 2 is 2.21 bits per heavy atom. The maximum atomic E-state index is 4.24. The Labute approximate surface area is 87.5 Å². The number of rotatable bonds is 1. The summed E-state index contributed by atoms with van der Waals surface area (Å²) >= 11 is 1.75. The first-order valence-corrected chi connectivity index (χ1v) is 5.59. The third-order valence-corrected chi connectivity index (χ3v) is 3.66. The summed E-state index contributed by atoms with van der Waals surface area (Å²) in [5.74, 6) is 0.